The van der Waals surface area contributed by atoms with Crippen LogP contribution in [-0.2, 0) is 27.5 Å². The van der Waals surface area contributed by atoms with E-state index in [2.05, 4.69) is 10.8 Å². The van der Waals surface area contributed by atoms with Crippen LogP contribution in [0.15, 0.2) is 78.9 Å². The van der Waals surface area contributed by atoms with Crippen LogP contribution in [0, 0.1) is 11.8 Å². The van der Waals surface area contributed by atoms with E-state index in [9.17, 15) is 14.4 Å². The molecule has 0 radical (unpaired) electrons. The van der Waals surface area contributed by atoms with Gasteiger partial charge >= 0.3 is 5.97 Å². The average Bonchev–Trinajstić information content (AvgIpc) is 3.00. The first kappa shape index (κ1) is 28.8. The number of anilines is 1. The third kappa shape index (κ3) is 8.41. The molecule has 8 heteroatoms. The maximum Gasteiger partial charge on any atom is 0.354 e. The van der Waals surface area contributed by atoms with Gasteiger partial charge in [0.1, 0.15) is 18.4 Å². The van der Waals surface area contributed by atoms with E-state index in [1.54, 1.807) is 24.3 Å². The summed E-state index contributed by atoms with van der Waals surface area (Å²) in [6, 6.07) is 23.1. The molecule has 0 aliphatic heterocycles. The molecular formula is C32H37N3O5. The lowest BCUT2D eigenvalue weighted by molar-refractivity contribution is -0.145. The zero-order valence-electron chi connectivity index (χ0n) is 22.8. The lowest BCUT2D eigenvalue weighted by atomic mass is 9.81. The van der Waals surface area contributed by atoms with Gasteiger partial charge in [0.25, 0.3) is 0 Å². The number of Topliss-reactive ketones (excluding diaryl/α,β-unsaturated/α-hetero) is 1. The van der Waals surface area contributed by atoms with Crippen molar-refractivity contribution in [1.82, 2.24) is 5.32 Å². The van der Waals surface area contributed by atoms with E-state index in [4.69, 9.17) is 15.3 Å². The second kappa shape index (κ2) is 14.3. The first-order valence-electron chi connectivity index (χ1n) is 13.7. The molecule has 210 valence electrons. The summed E-state index contributed by atoms with van der Waals surface area (Å²) in [6.45, 7) is 2.57. The van der Waals surface area contributed by atoms with Crippen molar-refractivity contribution in [3.05, 3.63) is 95.6 Å². The molecule has 0 spiro atoms. The molecule has 0 aromatic heterocycles. The third-order valence-corrected chi connectivity index (χ3v) is 7.32. The summed E-state index contributed by atoms with van der Waals surface area (Å²) < 4.78 is 5.87. The molecular weight excluding hydrogens is 506 g/mol. The molecule has 3 aromatic carbocycles. The highest BCUT2D eigenvalue weighted by atomic mass is 16.7. The maximum atomic E-state index is 13.1. The summed E-state index contributed by atoms with van der Waals surface area (Å²) in [4.78, 5) is 43.2. The molecule has 1 amide bonds. The van der Waals surface area contributed by atoms with Crippen LogP contribution in [0.2, 0.25) is 0 Å². The van der Waals surface area contributed by atoms with E-state index in [0.717, 1.165) is 36.8 Å². The Morgan fingerprint density at radius 3 is 2.17 bits per heavy atom. The molecule has 40 heavy (non-hydrogen) atoms. The van der Waals surface area contributed by atoms with Gasteiger partial charge in [0.2, 0.25) is 5.91 Å². The molecule has 1 atom stereocenters. The first-order chi connectivity index (χ1) is 19.4. The Balaban J connectivity index is 1.39. The second-order valence-corrected chi connectivity index (χ2v) is 10.3. The van der Waals surface area contributed by atoms with Gasteiger partial charge in [-0.15, -0.1) is 0 Å². The largest absolute Gasteiger partial charge is 0.489 e. The Kier molecular flexibility index (Phi) is 10.3. The SMILES string of the molecule is CC(=O)c1ccc(NOC(=O)[C@H](Cc2ccc(OCc3ccccc3)cc2)NC(=O)C2CCC(CN)CC2)cc1. The minimum Gasteiger partial charge on any atom is -0.489 e. The van der Waals surface area contributed by atoms with Gasteiger partial charge in [0.15, 0.2) is 5.78 Å². The van der Waals surface area contributed by atoms with Gasteiger partial charge < -0.3 is 20.6 Å². The molecule has 4 rings (SSSR count). The van der Waals surface area contributed by atoms with Crippen LogP contribution < -0.4 is 21.3 Å². The summed E-state index contributed by atoms with van der Waals surface area (Å²) in [6.07, 6.45) is 3.58. The van der Waals surface area contributed by atoms with E-state index in [1.165, 1.54) is 6.92 Å². The Hall–Kier alpha value is -4.17. The molecule has 8 nitrogen and oxygen atoms in total. The zero-order chi connectivity index (χ0) is 28.3. The number of rotatable bonds is 12. The second-order valence-electron chi connectivity index (χ2n) is 10.3. The fraction of sp³-hybridized carbons (Fsp3) is 0.344. The molecule has 0 saturated heterocycles. The molecule has 1 aliphatic rings. The van der Waals surface area contributed by atoms with Crippen molar-refractivity contribution in [1.29, 1.82) is 0 Å². The number of ether oxygens (including phenoxy) is 1. The summed E-state index contributed by atoms with van der Waals surface area (Å²) >= 11 is 0. The Morgan fingerprint density at radius 1 is 0.875 bits per heavy atom. The number of hydrogen-bond donors (Lipinski definition) is 3. The number of amides is 1. The van der Waals surface area contributed by atoms with Crippen molar-refractivity contribution in [2.24, 2.45) is 17.6 Å². The van der Waals surface area contributed by atoms with Crippen molar-refractivity contribution >= 4 is 23.3 Å². The monoisotopic (exact) mass is 543 g/mol. The first-order valence-corrected chi connectivity index (χ1v) is 13.7. The van der Waals surface area contributed by atoms with Crippen molar-refractivity contribution in [2.45, 2.75) is 51.7 Å². The molecule has 0 bridgehead atoms. The summed E-state index contributed by atoms with van der Waals surface area (Å²) in [5.41, 5.74) is 11.4. The van der Waals surface area contributed by atoms with Crippen LogP contribution in [0.25, 0.3) is 0 Å². The van der Waals surface area contributed by atoms with E-state index < -0.39 is 12.0 Å². The van der Waals surface area contributed by atoms with E-state index in [-0.39, 0.29) is 24.0 Å². The number of nitrogens with one attached hydrogen (secondary N) is 2. The number of nitrogens with two attached hydrogens (primary N) is 1. The summed E-state index contributed by atoms with van der Waals surface area (Å²) in [5, 5.41) is 2.93. The fourth-order valence-corrected chi connectivity index (χ4v) is 4.79. The van der Waals surface area contributed by atoms with Crippen molar-refractivity contribution in [3.63, 3.8) is 0 Å². The van der Waals surface area contributed by atoms with Gasteiger partial charge in [-0.2, -0.15) is 0 Å². The molecule has 3 aromatic rings. The quantitative estimate of drug-likeness (QED) is 0.221. The van der Waals surface area contributed by atoms with E-state index in [1.807, 2.05) is 54.6 Å². The Labute approximate surface area is 235 Å². The maximum absolute atomic E-state index is 13.1. The van der Waals surface area contributed by atoms with Crippen LogP contribution in [0.4, 0.5) is 5.69 Å². The van der Waals surface area contributed by atoms with Crippen LogP contribution in [0.3, 0.4) is 0 Å². The lowest BCUT2D eigenvalue weighted by Gasteiger charge is -2.28. The van der Waals surface area contributed by atoms with Gasteiger partial charge in [0.05, 0.1) is 5.69 Å². The highest BCUT2D eigenvalue weighted by Crippen LogP contribution is 2.28. The highest BCUT2D eigenvalue weighted by molar-refractivity contribution is 5.94. The predicted molar refractivity (Wildman–Crippen MR) is 154 cm³/mol. The van der Waals surface area contributed by atoms with Crippen LogP contribution >= 0.6 is 0 Å². The van der Waals surface area contributed by atoms with Crippen LogP contribution in [0.1, 0.15) is 54.1 Å². The smallest absolute Gasteiger partial charge is 0.354 e. The molecule has 0 unspecified atom stereocenters. The molecule has 4 N–H and O–H groups in total. The highest BCUT2D eigenvalue weighted by Gasteiger charge is 2.30. The van der Waals surface area contributed by atoms with Gasteiger partial charge in [0, 0.05) is 17.9 Å². The number of hydrogen-bond acceptors (Lipinski definition) is 7. The Morgan fingerprint density at radius 2 is 1.55 bits per heavy atom. The number of carbonyl (C=O) groups excluding carboxylic acids is 3. The standard InChI is InChI=1S/C32H37N3O5/c1-22(36)26-13-15-28(16-14-26)35-40-32(38)30(34-31(37)27-11-7-24(20-33)8-12-27)19-23-9-17-29(18-10-23)39-21-25-5-3-2-4-6-25/h2-6,9-10,13-18,24,27,30,35H,7-8,11-12,19-21,33H2,1H3,(H,34,37)/t24?,27?,30-/m0/s1. The van der Waals surface area contributed by atoms with Crippen LogP contribution in [0.5, 0.6) is 5.75 Å². The summed E-state index contributed by atoms with van der Waals surface area (Å²) in [7, 11) is 0. The molecule has 1 saturated carbocycles. The fourth-order valence-electron chi connectivity index (χ4n) is 4.79. The van der Waals surface area contributed by atoms with E-state index in [0.29, 0.717) is 36.1 Å². The zero-order valence-corrected chi connectivity index (χ0v) is 22.8. The minimum absolute atomic E-state index is 0.0525. The average molecular weight is 544 g/mol. The van der Waals surface area contributed by atoms with Crippen molar-refractivity contribution in [2.75, 3.05) is 12.0 Å². The van der Waals surface area contributed by atoms with Gasteiger partial charge in [-0.05, 0) is 92.6 Å². The van der Waals surface area contributed by atoms with Gasteiger partial charge in [-0.25, -0.2) is 10.3 Å². The number of benzene rings is 3. The molecule has 0 heterocycles. The van der Waals surface area contributed by atoms with Crippen LogP contribution in [-0.4, -0.2) is 30.2 Å². The number of ketones is 1. The van der Waals surface area contributed by atoms with Crippen molar-refractivity contribution < 1.29 is 24.0 Å². The number of carbonyl (C=O) groups is 3. The van der Waals surface area contributed by atoms with Gasteiger partial charge in [-0.1, -0.05) is 42.5 Å². The predicted octanol–water partition coefficient (Wildman–Crippen LogP) is 4.83. The van der Waals surface area contributed by atoms with E-state index >= 15 is 0 Å². The van der Waals surface area contributed by atoms with Gasteiger partial charge in [-0.3, -0.25) is 9.59 Å². The topological polar surface area (TPSA) is 120 Å². The third-order valence-electron chi connectivity index (χ3n) is 7.32. The Bertz CT molecular complexity index is 1250. The van der Waals surface area contributed by atoms with Crippen molar-refractivity contribution in [3.8, 4) is 5.75 Å². The normalized spacial score (nSPS) is 17.4. The molecule has 1 aliphatic carbocycles. The lowest BCUT2D eigenvalue weighted by Crippen LogP contribution is -2.47. The molecule has 1 fully saturated rings. The summed E-state index contributed by atoms with van der Waals surface area (Å²) in [5.74, 6) is 0.200. The minimum atomic E-state index is -0.889.